The summed E-state index contributed by atoms with van der Waals surface area (Å²) >= 11 is 0. The molecule has 2 aromatic heterocycles. The highest BCUT2D eigenvalue weighted by molar-refractivity contribution is 5.99. The Labute approximate surface area is 258 Å². The van der Waals surface area contributed by atoms with E-state index in [1.54, 1.807) is 60.7 Å². The molecule has 0 spiro atoms. The van der Waals surface area contributed by atoms with Gasteiger partial charge < -0.3 is 25.0 Å². The zero-order chi connectivity index (χ0) is 31.6. The second kappa shape index (κ2) is 12.3. The molecule has 0 radical (unpaired) electrons. The number of hydrogen-bond donors (Lipinski definition) is 2. The summed E-state index contributed by atoms with van der Waals surface area (Å²) in [6, 6.07) is 19.9. The third-order valence-electron chi connectivity index (χ3n) is 7.89. The summed E-state index contributed by atoms with van der Waals surface area (Å²) in [7, 11) is 4.26. The van der Waals surface area contributed by atoms with Gasteiger partial charge in [0.1, 0.15) is 35.2 Å². The summed E-state index contributed by atoms with van der Waals surface area (Å²) in [6.07, 6.45) is 5.68. The normalized spacial score (nSPS) is 15.1. The van der Waals surface area contributed by atoms with Crippen molar-refractivity contribution in [3.63, 3.8) is 0 Å². The Morgan fingerprint density at radius 1 is 1.07 bits per heavy atom. The second-order valence-electron chi connectivity index (χ2n) is 11.4. The fourth-order valence-corrected chi connectivity index (χ4v) is 5.41. The molecule has 1 amide bonds. The molecule has 3 aromatic carbocycles. The van der Waals surface area contributed by atoms with E-state index in [0.29, 0.717) is 52.3 Å². The predicted octanol–water partition coefficient (Wildman–Crippen LogP) is 4.45. The fraction of sp³-hybridized carbons (Fsp3) is 0.212. The summed E-state index contributed by atoms with van der Waals surface area (Å²) < 4.78 is 28.4. The molecule has 0 aliphatic carbocycles. The number of quaternary nitrogens is 1. The zero-order valence-corrected chi connectivity index (χ0v) is 24.9. The summed E-state index contributed by atoms with van der Waals surface area (Å²) in [5.74, 6) is 0.234. The standard InChI is InChI=1S/C33H32FN7O4/c1-41(2,26-15-17-44-20-26)16-5-10-29(42)38-23-7-4-8-25(19-23)40-32-30(31(35)36-21-37-32)39(33(40)43)24-11-13-27(14-12-24)45-28-9-3-6-22(34)18-28/h3-14,18-19,21,26H,15-17,20H2,1-2H3,(H2-,35,36,37,38,42)/p+1/b10-5+. The molecule has 1 unspecified atom stereocenters. The van der Waals surface area contributed by atoms with E-state index < -0.39 is 11.5 Å². The number of halogens is 1. The second-order valence-corrected chi connectivity index (χ2v) is 11.4. The number of amides is 1. The molecule has 6 rings (SSSR count). The van der Waals surface area contributed by atoms with Gasteiger partial charge in [-0.3, -0.25) is 9.36 Å². The average molecular weight is 611 g/mol. The van der Waals surface area contributed by atoms with E-state index in [2.05, 4.69) is 29.4 Å². The number of nitrogens with two attached hydrogens (primary N) is 1. The molecule has 0 bridgehead atoms. The Bertz CT molecular complexity index is 1940. The summed E-state index contributed by atoms with van der Waals surface area (Å²) in [5.41, 5.74) is 7.93. The van der Waals surface area contributed by atoms with Crippen LogP contribution in [-0.2, 0) is 9.53 Å². The third-order valence-corrected chi connectivity index (χ3v) is 7.89. The molecule has 1 fully saturated rings. The molecule has 11 nitrogen and oxygen atoms in total. The molecule has 0 saturated carbocycles. The highest BCUT2D eigenvalue weighted by Gasteiger charge is 2.31. The summed E-state index contributed by atoms with van der Waals surface area (Å²) in [6.45, 7) is 2.18. The van der Waals surface area contributed by atoms with Crippen molar-refractivity contribution in [2.45, 2.75) is 12.5 Å². The Morgan fingerprint density at radius 2 is 1.87 bits per heavy atom. The first-order valence-corrected chi connectivity index (χ1v) is 14.5. The van der Waals surface area contributed by atoms with Crippen LogP contribution < -0.4 is 21.5 Å². The lowest BCUT2D eigenvalue weighted by atomic mass is 10.2. The maximum atomic E-state index is 14.0. The number of nitrogen functional groups attached to an aromatic ring is 1. The number of likely N-dealkylation sites (N-methyl/N-ethyl adjacent to an activating group) is 1. The van der Waals surface area contributed by atoms with Crippen molar-refractivity contribution in [3.05, 3.63) is 108 Å². The van der Waals surface area contributed by atoms with Gasteiger partial charge in [0.25, 0.3) is 0 Å². The van der Waals surface area contributed by atoms with Crippen molar-refractivity contribution in [3.8, 4) is 22.9 Å². The third kappa shape index (κ3) is 6.33. The Balaban J connectivity index is 1.26. The number of anilines is 2. The SMILES string of the molecule is C[N+](C)(C/C=C/C(=O)Nc1cccc(-n2c(=O)n(-c3ccc(Oc4cccc(F)c4)cc3)c3c(N)ncnc32)c1)C1CCOC1. The van der Waals surface area contributed by atoms with Gasteiger partial charge in [0.15, 0.2) is 11.5 Å². The monoisotopic (exact) mass is 610 g/mol. The van der Waals surface area contributed by atoms with E-state index in [1.807, 2.05) is 6.08 Å². The van der Waals surface area contributed by atoms with Gasteiger partial charge in [-0.2, -0.15) is 0 Å². The van der Waals surface area contributed by atoms with Crippen LogP contribution >= 0.6 is 0 Å². The molecule has 3 heterocycles. The van der Waals surface area contributed by atoms with E-state index in [0.717, 1.165) is 24.1 Å². The van der Waals surface area contributed by atoms with Crippen LogP contribution in [0.2, 0.25) is 0 Å². The van der Waals surface area contributed by atoms with Crippen LogP contribution in [0.4, 0.5) is 15.9 Å². The number of imidazole rings is 1. The van der Waals surface area contributed by atoms with Gasteiger partial charge in [-0.25, -0.2) is 23.7 Å². The lowest BCUT2D eigenvalue weighted by molar-refractivity contribution is -0.907. The number of benzene rings is 3. The van der Waals surface area contributed by atoms with E-state index in [9.17, 15) is 14.0 Å². The predicted molar refractivity (Wildman–Crippen MR) is 169 cm³/mol. The Hall–Kier alpha value is -5.33. The minimum atomic E-state index is -0.435. The first kappa shape index (κ1) is 29.7. The van der Waals surface area contributed by atoms with Crippen molar-refractivity contribution in [1.82, 2.24) is 19.1 Å². The van der Waals surface area contributed by atoms with Gasteiger partial charge in [-0.15, -0.1) is 0 Å². The van der Waals surface area contributed by atoms with Crippen molar-refractivity contribution in [2.24, 2.45) is 0 Å². The quantitative estimate of drug-likeness (QED) is 0.187. The topological polar surface area (TPSA) is 126 Å². The number of nitrogens with zero attached hydrogens (tertiary/aromatic N) is 5. The minimum Gasteiger partial charge on any atom is -0.457 e. The molecule has 12 heteroatoms. The van der Waals surface area contributed by atoms with Crippen molar-refractivity contribution in [1.29, 1.82) is 0 Å². The number of carbonyl (C=O) groups excluding carboxylic acids is 1. The summed E-state index contributed by atoms with van der Waals surface area (Å²) in [5, 5.41) is 2.88. The van der Waals surface area contributed by atoms with Crippen molar-refractivity contribution in [2.75, 3.05) is 44.9 Å². The Morgan fingerprint density at radius 3 is 2.62 bits per heavy atom. The molecule has 45 heavy (non-hydrogen) atoms. The number of carbonyl (C=O) groups is 1. The maximum Gasteiger partial charge on any atom is 0.339 e. The van der Waals surface area contributed by atoms with Crippen LogP contribution in [0.3, 0.4) is 0 Å². The lowest BCUT2D eigenvalue weighted by Crippen LogP contribution is -2.49. The van der Waals surface area contributed by atoms with Gasteiger partial charge in [-0.05, 0) is 60.7 Å². The smallest absolute Gasteiger partial charge is 0.339 e. The first-order chi connectivity index (χ1) is 21.7. The van der Waals surface area contributed by atoms with Crippen LogP contribution in [0.1, 0.15) is 6.42 Å². The van der Waals surface area contributed by atoms with E-state index >= 15 is 0 Å². The van der Waals surface area contributed by atoms with Gasteiger partial charge in [-0.1, -0.05) is 12.1 Å². The molecule has 3 N–H and O–H groups in total. The highest BCUT2D eigenvalue weighted by Crippen LogP contribution is 2.27. The zero-order valence-electron chi connectivity index (χ0n) is 24.9. The van der Waals surface area contributed by atoms with Gasteiger partial charge >= 0.3 is 5.69 Å². The largest absolute Gasteiger partial charge is 0.457 e. The van der Waals surface area contributed by atoms with E-state index in [-0.39, 0.29) is 11.7 Å². The number of aromatic nitrogens is 4. The van der Waals surface area contributed by atoms with Crippen LogP contribution in [0, 0.1) is 5.82 Å². The molecule has 1 atom stereocenters. The molecule has 230 valence electrons. The molecule has 5 aromatic rings. The van der Waals surface area contributed by atoms with Gasteiger partial charge in [0, 0.05) is 24.3 Å². The maximum absolute atomic E-state index is 14.0. The minimum absolute atomic E-state index is 0.121. The van der Waals surface area contributed by atoms with Crippen LogP contribution in [0.15, 0.2) is 96.1 Å². The van der Waals surface area contributed by atoms with Gasteiger partial charge in [0.05, 0.1) is 45.2 Å². The number of ether oxygens (including phenoxy) is 2. The number of fused-ring (bicyclic) bond motifs is 1. The van der Waals surface area contributed by atoms with Crippen molar-refractivity contribution >= 4 is 28.6 Å². The van der Waals surface area contributed by atoms with E-state index in [1.165, 1.54) is 33.7 Å². The van der Waals surface area contributed by atoms with Crippen molar-refractivity contribution < 1.29 is 23.1 Å². The molecule has 1 aliphatic rings. The lowest BCUT2D eigenvalue weighted by Gasteiger charge is -2.34. The van der Waals surface area contributed by atoms with Crippen LogP contribution in [-0.4, -0.2) is 69.4 Å². The Kier molecular flexibility index (Phi) is 8.16. The van der Waals surface area contributed by atoms with Gasteiger partial charge in [0.2, 0.25) is 5.91 Å². The highest BCUT2D eigenvalue weighted by atomic mass is 19.1. The van der Waals surface area contributed by atoms with Crippen LogP contribution in [0.5, 0.6) is 11.5 Å². The first-order valence-electron chi connectivity index (χ1n) is 14.5. The average Bonchev–Trinajstić information content (AvgIpc) is 3.66. The molecular weight excluding hydrogens is 577 g/mol. The number of hydrogen-bond acceptors (Lipinski definition) is 7. The fourth-order valence-electron chi connectivity index (χ4n) is 5.41. The molecule has 1 saturated heterocycles. The van der Waals surface area contributed by atoms with E-state index in [4.69, 9.17) is 15.2 Å². The van der Waals surface area contributed by atoms with Crippen LogP contribution in [0.25, 0.3) is 22.5 Å². The number of nitrogens with one attached hydrogen (secondary N) is 1. The summed E-state index contributed by atoms with van der Waals surface area (Å²) in [4.78, 5) is 35.2. The molecule has 1 aliphatic heterocycles. The molecular formula is C33H33FN7O4+. The number of rotatable bonds is 9.